The van der Waals surface area contributed by atoms with Crippen molar-refractivity contribution in [1.29, 1.82) is 0 Å². The summed E-state index contributed by atoms with van der Waals surface area (Å²) in [6.45, 7) is 4.00. The summed E-state index contributed by atoms with van der Waals surface area (Å²) >= 11 is 1.75. The van der Waals surface area contributed by atoms with Crippen LogP contribution < -0.4 is 4.74 Å². The molecule has 4 rings (SSSR count). The molecule has 0 N–H and O–H groups in total. The molecule has 1 amide bonds. The minimum atomic E-state index is 0.0554. The van der Waals surface area contributed by atoms with Gasteiger partial charge in [0.2, 0.25) is 0 Å². The molecular formula is C21H22N2O2S. The SMILES string of the molecule is CCOc1ccccc1C(=O)N1CCC[C@H](c2nc3ccccc3s2)C1. The second-order valence-corrected chi connectivity index (χ2v) is 7.60. The van der Waals surface area contributed by atoms with Crippen LogP contribution in [0.25, 0.3) is 10.2 Å². The van der Waals surface area contributed by atoms with Gasteiger partial charge in [0.05, 0.1) is 27.4 Å². The number of para-hydroxylation sites is 2. The first-order valence-electron chi connectivity index (χ1n) is 9.13. The van der Waals surface area contributed by atoms with Gasteiger partial charge in [-0.25, -0.2) is 4.98 Å². The number of carbonyl (C=O) groups is 1. The Bertz CT molecular complexity index is 888. The third-order valence-corrected chi connectivity index (χ3v) is 5.98. The number of nitrogens with zero attached hydrogens (tertiary/aromatic N) is 2. The van der Waals surface area contributed by atoms with Gasteiger partial charge in [0.15, 0.2) is 0 Å². The molecule has 2 heterocycles. The molecule has 0 radical (unpaired) electrons. The fourth-order valence-electron chi connectivity index (χ4n) is 3.52. The number of rotatable bonds is 4. The fraction of sp³-hybridized carbons (Fsp3) is 0.333. The summed E-state index contributed by atoms with van der Waals surface area (Å²) in [5.41, 5.74) is 1.71. The van der Waals surface area contributed by atoms with E-state index in [1.54, 1.807) is 11.3 Å². The second kappa shape index (κ2) is 7.46. The molecule has 1 aliphatic rings. The maximum absolute atomic E-state index is 13.1. The maximum Gasteiger partial charge on any atom is 0.257 e. The number of benzene rings is 2. The van der Waals surface area contributed by atoms with Gasteiger partial charge in [0, 0.05) is 19.0 Å². The van der Waals surface area contributed by atoms with Gasteiger partial charge in [-0.3, -0.25) is 4.79 Å². The van der Waals surface area contributed by atoms with Gasteiger partial charge in [-0.15, -0.1) is 11.3 Å². The highest BCUT2D eigenvalue weighted by atomic mass is 32.1. The maximum atomic E-state index is 13.1. The smallest absolute Gasteiger partial charge is 0.257 e. The lowest BCUT2D eigenvalue weighted by Crippen LogP contribution is -2.39. The van der Waals surface area contributed by atoms with Gasteiger partial charge in [-0.2, -0.15) is 0 Å². The first kappa shape index (κ1) is 17.0. The number of ether oxygens (including phenoxy) is 1. The summed E-state index contributed by atoms with van der Waals surface area (Å²) in [6.07, 6.45) is 2.08. The summed E-state index contributed by atoms with van der Waals surface area (Å²) in [6, 6.07) is 15.8. The summed E-state index contributed by atoms with van der Waals surface area (Å²) in [4.78, 5) is 19.8. The monoisotopic (exact) mass is 366 g/mol. The van der Waals surface area contributed by atoms with E-state index in [0.717, 1.165) is 36.5 Å². The van der Waals surface area contributed by atoms with Gasteiger partial charge in [0.25, 0.3) is 5.91 Å². The first-order valence-corrected chi connectivity index (χ1v) is 9.94. The van der Waals surface area contributed by atoms with Crippen molar-refractivity contribution in [2.45, 2.75) is 25.7 Å². The highest BCUT2D eigenvalue weighted by Crippen LogP contribution is 2.34. The molecule has 0 unspecified atom stereocenters. The molecule has 5 heteroatoms. The largest absolute Gasteiger partial charge is 0.493 e. The van der Waals surface area contributed by atoms with Crippen LogP contribution in [0.1, 0.15) is 41.0 Å². The van der Waals surface area contributed by atoms with Crippen LogP contribution in [0, 0.1) is 0 Å². The van der Waals surface area contributed by atoms with E-state index in [4.69, 9.17) is 9.72 Å². The zero-order valence-corrected chi connectivity index (χ0v) is 15.7. The number of likely N-dealkylation sites (tertiary alicyclic amines) is 1. The second-order valence-electron chi connectivity index (χ2n) is 6.54. The average Bonchev–Trinajstić information content (AvgIpc) is 3.13. The van der Waals surface area contributed by atoms with Crippen LogP contribution in [0.3, 0.4) is 0 Å². The summed E-state index contributed by atoms with van der Waals surface area (Å²) < 4.78 is 6.86. The van der Waals surface area contributed by atoms with Crippen LogP contribution in [0.4, 0.5) is 0 Å². The predicted octanol–water partition coefficient (Wildman–Crippen LogP) is 4.71. The van der Waals surface area contributed by atoms with Crippen LogP contribution in [0.2, 0.25) is 0 Å². The number of fused-ring (bicyclic) bond motifs is 1. The third-order valence-electron chi connectivity index (χ3n) is 4.79. The molecule has 0 bridgehead atoms. The zero-order valence-electron chi connectivity index (χ0n) is 14.9. The molecule has 0 saturated carbocycles. The van der Waals surface area contributed by atoms with E-state index in [0.29, 0.717) is 23.8 Å². The Morgan fingerprint density at radius 2 is 2.04 bits per heavy atom. The van der Waals surface area contributed by atoms with E-state index in [1.165, 1.54) is 4.70 Å². The lowest BCUT2D eigenvalue weighted by Gasteiger charge is -2.32. The molecule has 134 valence electrons. The van der Waals surface area contributed by atoms with Crippen molar-refractivity contribution >= 4 is 27.5 Å². The van der Waals surface area contributed by atoms with Crippen LogP contribution in [0.5, 0.6) is 5.75 Å². The molecule has 1 aliphatic heterocycles. The minimum absolute atomic E-state index is 0.0554. The Hall–Kier alpha value is -2.40. The summed E-state index contributed by atoms with van der Waals surface area (Å²) in [5.74, 6) is 1.03. The van der Waals surface area contributed by atoms with E-state index in [-0.39, 0.29) is 5.91 Å². The van der Waals surface area contributed by atoms with Gasteiger partial charge in [0.1, 0.15) is 5.75 Å². The van der Waals surface area contributed by atoms with Crippen molar-refractivity contribution in [3.63, 3.8) is 0 Å². The highest BCUT2D eigenvalue weighted by molar-refractivity contribution is 7.18. The van der Waals surface area contributed by atoms with Crippen LogP contribution in [-0.4, -0.2) is 35.5 Å². The highest BCUT2D eigenvalue weighted by Gasteiger charge is 2.28. The number of hydrogen-bond donors (Lipinski definition) is 0. The molecule has 3 aromatic rings. The van der Waals surface area contributed by atoms with Crippen molar-refractivity contribution in [2.24, 2.45) is 0 Å². The Kier molecular flexibility index (Phi) is 4.89. The van der Waals surface area contributed by atoms with E-state index < -0.39 is 0 Å². The van der Waals surface area contributed by atoms with E-state index in [9.17, 15) is 4.79 Å². The number of piperidine rings is 1. The summed E-state index contributed by atoms with van der Waals surface area (Å²) in [5, 5.41) is 1.14. The third kappa shape index (κ3) is 3.31. The first-order chi connectivity index (χ1) is 12.8. The van der Waals surface area contributed by atoms with Gasteiger partial charge < -0.3 is 9.64 Å². The van der Waals surface area contributed by atoms with Crippen molar-refractivity contribution in [3.05, 3.63) is 59.1 Å². The lowest BCUT2D eigenvalue weighted by atomic mass is 9.98. The fourth-order valence-corrected chi connectivity index (χ4v) is 4.62. The molecule has 0 spiro atoms. The standard InChI is InChI=1S/C21H22N2O2S/c1-2-25-18-11-5-3-9-16(18)21(24)23-13-7-8-15(14-23)20-22-17-10-4-6-12-19(17)26-20/h3-6,9-12,15H,2,7-8,13-14H2,1H3/t15-/m0/s1. The van der Waals surface area contributed by atoms with Crippen molar-refractivity contribution in [2.75, 3.05) is 19.7 Å². The van der Waals surface area contributed by atoms with Gasteiger partial charge in [-0.1, -0.05) is 24.3 Å². The zero-order chi connectivity index (χ0) is 17.9. The van der Waals surface area contributed by atoms with Crippen LogP contribution >= 0.6 is 11.3 Å². The van der Waals surface area contributed by atoms with Crippen LogP contribution in [-0.2, 0) is 0 Å². The quantitative estimate of drug-likeness (QED) is 0.671. The van der Waals surface area contributed by atoms with E-state index >= 15 is 0 Å². The van der Waals surface area contributed by atoms with Crippen molar-refractivity contribution in [3.8, 4) is 5.75 Å². The molecule has 2 aromatic carbocycles. The van der Waals surface area contributed by atoms with Gasteiger partial charge in [-0.05, 0) is 44.0 Å². The molecule has 1 atom stereocenters. The number of amides is 1. The van der Waals surface area contributed by atoms with Gasteiger partial charge >= 0.3 is 0 Å². The number of hydrogen-bond acceptors (Lipinski definition) is 4. The molecule has 4 nitrogen and oxygen atoms in total. The number of carbonyl (C=O) groups excluding carboxylic acids is 1. The Morgan fingerprint density at radius 3 is 2.88 bits per heavy atom. The Balaban J connectivity index is 1.56. The lowest BCUT2D eigenvalue weighted by molar-refractivity contribution is 0.0703. The predicted molar refractivity (Wildman–Crippen MR) is 105 cm³/mol. The summed E-state index contributed by atoms with van der Waals surface area (Å²) in [7, 11) is 0. The normalized spacial score (nSPS) is 17.4. The van der Waals surface area contributed by atoms with Crippen molar-refractivity contribution in [1.82, 2.24) is 9.88 Å². The van der Waals surface area contributed by atoms with Crippen LogP contribution in [0.15, 0.2) is 48.5 Å². The molecule has 26 heavy (non-hydrogen) atoms. The molecular weight excluding hydrogens is 344 g/mol. The Labute approximate surface area is 157 Å². The molecule has 1 aromatic heterocycles. The number of aromatic nitrogens is 1. The van der Waals surface area contributed by atoms with Crippen molar-refractivity contribution < 1.29 is 9.53 Å². The molecule has 1 saturated heterocycles. The topological polar surface area (TPSA) is 42.4 Å². The molecule has 1 fully saturated rings. The average molecular weight is 366 g/mol. The van der Waals surface area contributed by atoms with E-state index in [2.05, 4.69) is 12.1 Å². The van der Waals surface area contributed by atoms with E-state index in [1.807, 2.05) is 48.2 Å². The Morgan fingerprint density at radius 1 is 1.23 bits per heavy atom. The molecule has 0 aliphatic carbocycles. The number of thiazole rings is 1. The minimum Gasteiger partial charge on any atom is -0.493 e.